The molecule has 0 aliphatic carbocycles. The summed E-state index contributed by atoms with van der Waals surface area (Å²) in [6.07, 6.45) is 12.6. The maximum atomic E-state index is 10.8. The number of carboxylic acid groups (broad SMARTS) is 1. The van der Waals surface area contributed by atoms with Crippen molar-refractivity contribution in [2.24, 2.45) is 5.92 Å². The predicted molar refractivity (Wildman–Crippen MR) is 81.9 cm³/mol. The first-order chi connectivity index (χ1) is 9.57. The van der Waals surface area contributed by atoms with E-state index in [0.29, 0.717) is 6.42 Å². The van der Waals surface area contributed by atoms with Gasteiger partial charge in [-0.1, -0.05) is 71.1 Å². The van der Waals surface area contributed by atoms with E-state index in [1.165, 1.54) is 44.9 Å². The minimum Gasteiger partial charge on any atom is -0.742 e. The molecule has 3 nitrogen and oxygen atoms in total. The average molecular weight is 346 g/mol. The van der Waals surface area contributed by atoms with Crippen LogP contribution in [0.2, 0.25) is 0 Å². The quantitative estimate of drug-likeness (QED) is 0.193. The summed E-state index contributed by atoms with van der Waals surface area (Å²) in [7, 11) is 0. The summed E-state index contributed by atoms with van der Waals surface area (Å²) in [4.78, 5) is 21.6. The molecule has 0 amide bonds. The zero-order valence-corrected chi connectivity index (χ0v) is 19.5. The molecule has 0 aliphatic rings. The Kier molecular flexibility index (Phi) is 26.1. The van der Waals surface area contributed by atoms with Gasteiger partial charge >= 0.3 is 59.1 Å². The molecule has 0 aromatic heterocycles. The van der Waals surface area contributed by atoms with Crippen LogP contribution in [0.15, 0.2) is 0 Å². The van der Waals surface area contributed by atoms with E-state index in [1.807, 2.05) is 0 Å². The van der Waals surface area contributed by atoms with Crippen molar-refractivity contribution in [3.8, 4) is 0 Å². The van der Waals surface area contributed by atoms with Crippen LogP contribution in [0.5, 0.6) is 0 Å². The van der Waals surface area contributed by atoms with Crippen LogP contribution in [-0.2, 0) is 22.2 Å². The molecule has 0 spiro atoms. The molecule has 0 aromatic carbocycles. The van der Waals surface area contributed by atoms with Gasteiger partial charge < -0.3 is 27.3 Å². The van der Waals surface area contributed by atoms with Crippen molar-refractivity contribution < 1.29 is 73.8 Å². The van der Waals surface area contributed by atoms with Gasteiger partial charge in [0.05, 0.1) is 0 Å². The Labute approximate surface area is 185 Å². The number of hydrogen-bond donors (Lipinski definition) is 0. The standard InChI is InChI=1S/C16H30O3S.2Na/c1-2-3-4-5-6-7-8-9-10-11-12-14(16(18)19)13-15(17)20;;/h14H,2-13H2,1H3,(H,17,20)(H,18,19);;/q;2*+1/p-2. The third-order valence-electron chi connectivity index (χ3n) is 3.65. The molecule has 0 fully saturated rings. The number of unbranched alkanes of at least 4 members (excludes halogenated alkanes) is 9. The van der Waals surface area contributed by atoms with Crippen molar-refractivity contribution in [2.45, 2.75) is 84.0 Å². The van der Waals surface area contributed by atoms with Crippen LogP contribution in [0.1, 0.15) is 84.0 Å². The fourth-order valence-electron chi connectivity index (χ4n) is 2.38. The molecule has 0 rings (SSSR count). The maximum absolute atomic E-state index is 10.8. The molecule has 0 heterocycles. The van der Waals surface area contributed by atoms with Crippen LogP contribution in [-0.4, -0.2) is 11.1 Å². The summed E-state index contributed by atoms with van der Waals surface area (Å²) >= 11 is 4.42. The second-order valence-corrected chi connectivity index (χ2v) is 6.02. The summed E-state index contributed by atoms with van der Waals surface area (Å²) in [6, 6.07) is 0. The first-order valence-electron chi connectivity index (χ1n) is 7.98. The molecule has 118 valence electrons. The van der Waals surface area contributed by atoms with Crippen molar-refractivity contribution in [1.29, 1.82) is 0 Å². The minimum atomic E-state index is -1.14. The average Bonchev–Trinajstić information content (AvgIpc) is 2.39. The molecule has 0 N–H and O–H groups in total. The van der Waals surface area contributed by atoms with Crippen LogP contribution in [0.4, 0.5) is 0 Å². The van der Waals surface area contributed by atoms with Gasteiger partial charge in [-0.15, -0.1) is 0 Å². The van der Waals surface area contributed by atoms with Crippen LogP contribution in [0.25, 0.3) is 0 Å². The molecule has 6 heteroatoms. The molecular weight excluding hydrogens is 318 g/mol. The van der Waals surface area contributed by atoms with Crippen molar-refractivity contribution >= 4 is 23.7 Å². The minimum absolute atomic E-state index is 0. The first kappa shape index (κ1) is 28.2. The molecular formula is C16H28Na2O3S. The molecule has 1 atom stereocenters. The molecule has 0 aliphatic heterocycles. The molecule has 0 radical (unpaired) electrons. The van der Waals surface area contributed by atoms with E-state index in [1.54, 1.807) is 0 Å². The number of hydrogen-bond acceptors (Lipinski definition) is 4. The van der Waals surface area contributed by atoms with Crippen molar-refractivity contribution in [1.82, 2.24) is 0 Å². The fourth-order valence-corrected chi connectivity index (χ4v) is 2.58. The van der Waals surface area contributed by atoms with Gasteiger partial charge in [-0.2, -0.15) is 0 Å². The van der Waals surface area contributed by atoms with Gasteiger partial charge in [-0.25, -0.2) is 0 Å². The molecule has 0 saturated heterocycles. The Hall–Kier alpha value is 1.36. The van der Waals surface area contributed by atoms with E-state index in [9.17, 15) is 14.7 Å². The zero-order valence-electron chi connectivity index (χ0n) is 14.7. The van der Waals surface area contributed by atoms with Crippen molar-refractivity contribution in [2.75, 3.05) is 0 Å². The Morgan fingerprint density at radius 3 is 1.64 bits per heavy atom. The Balaban J connectivity index is -0.00000180. The van der Waals surface area contributed by atoms with E-state index in [-0.39, 0.29) is 65.5 Å². The maximum Gasteiger partial charge on any atom is 1.00 e. The fraction of sp³-hybridized carbons (Fsp3) is 0.875. The molecule has 1 unspecified atom stereocenters. The number of carbonyl (C=O) groups excluding carboxylic acids is 2. The number of aliphatic carboxylic acids is 1. The number of rotatable bonds is 14. The van der Waals surface area contributed by atoms with Gasteiger partial charge in [0, 0.05) is 17.0 Å². The molecule has 0 aromatic rings. The normalized spacial score (nSPS) is 11.1. The summed E-state index contributed by atoms with van der Waals surface area (Å²) in [5.74, 6) is -1.83. The number of carbonyl (C=O) groups is 2. The van der Waals surface area contributed by atoms with Crippen molar-refractivity contribution in [3.05, 3.63) is 0 Å². The third-order valence-corrected chi connectivity index (χ3v) is 3.82. The van der Waals surface area contributed by atoms with E-state index in [2.05, 4.69) is 19.6 Å². The third kappa shape index (κ3) is 19.4. The summed E-state index contributed by atoms with van der Waals surface area (Å²) in [5.41, 5.74) is 0. The monoisotopic (exact) mass is 346 g/mol. The zero-order chi connectivity index (χ0) is 15.2. The van der Waals surface area contributed by atoms with E-state index >= 15 is 0 Å². The Bertz CT molecular complexity index is 276. The number of carboxylic acids is 1. The summed E-state index contributed by atoms with van der Waals surface area (Å²) in [5, 5.41) is 10.3. The van der Waals surface area contributed by atoms with Gasteiger partial charge in [0.1, 0.15) is 0 Å². The van der Waals surface area contributed by atoms with Gasteiger partial charge in [-0.3, -0.25) is 0 Å². The van der Waals surface area contributed by atoms with Gasteiger partial charge in [0.25, 0.3) is 0 Å². The first-order valence-corrected chi connectivity index (χ1v) is 8.39. The molecule has 22 heavy (non-hydrogen) atoms. The second-order valence-electron chi connectivity index (χ2n) is 5.56. The molecule has 0 bridgehead atoms. The topological polar surface area (TPSA) is 57.2 Å². The van der Waals surface area contributed by atoms with Crippen LogP contribution >= 0.6 is 0 Å². The van der Waals surface area contributed by atoms with E-state index in [0.717, 1.165) is 19.3 Å². The molecule has 0 saturated carbocycles. The smallest absolute Gasteiger partial charge is 0.742 e. The van der Waals surface area contributed by atoms with Gasteiger partial charge in [0.2, 0.25) is 0 Å². The second kappa shape index (κ2) is 20.4. The van der Waals surface area contributed by atoms with Crippen LogP contribution in [0.3, 0.4) is 0 Å². The largest absolute Gasteiger partial charge is 1.00 e. The van der Waals surface area contributed by atoms with Crippen LogP contribution in [0, 0.1) is 5.92 Å². The predicted octanol–water partition coefficient (Wildman–Crippen LogP) is -2.86. The van der Waals surface area contributed by atoms with E-state index in [4.69, 9.17) is 0 Å². The SMILES string of the molecule is CCCCCCCCCCCCC(CC(=O)[S-])C(=O)[O-].[Na+].[Na+]. The van der Waals surface area contributed by atoms with E-state index < -0.39 is 17.0 Å². The van der Waals surface area contributed by atoms with Gasteiger partial charge in [0.15, 0.2) is 0 Å². The summed E-state index contributed by atoms with van der Waals surface area (Å²) in [6.45, 7) is 2.22. The Morgan fingerprint density at radius 1 is 0.864 bits per heavy atom. The van der Waals surface area contributed by atoms with Crippen LogP contribution < -0.4 is 64.2 Å². The summed E-state index contributed by atoms with van der Waals surface area (Å²) < 4.78 is 0. The van der Waals surface area contributed by atoms with Gasteiger partial charge in [-0.05, 0) is 12.8 Å². The van der Waals surface area contributed by atoms with Crippen molar-refractivity contribution in [3.63, 3.8) is 0 Å². The Morgan fingerprint density at radius 2 is 1.27 bits per heavy atom.